The summed E-state index contributed by atoms with van der Waals surface area (Å²) >= 11 is 0. The number of non-ortho nitro benzene ring substituents is 1. The quantitative estimate of drug-likeness (QED) is 0.283. The molecule has 0 aliphatic carbocycles. The van der Waals surface area contributed by atoms with Crippen LogP contribution in [0.25, 0.3) is 21.8 Å². The maximum absolute atomic E-state index is 10.3. The lowest BCUT2D eigenvalue weighted by atomic mass is 10.2. The highest BCUT2D eigenvalue weighted by Crippen LogP contribution is 2.18. The smallest absolute Gasteiger partial charge is 0.270 e. The molecule has 2 heterocycles. The van der Waals surface area contributed by atoms with Crippen molar-refractivity contribution in [1.82, 2.24) is 20.4 Å². The number of rotatable bonds is 1. The predicted octanol–water partition coefficient (Wildman–Crippen LogP) is 2.62. The summed E-state index contributed by atoms with van der Waals surface area (Å²) in [5, 5.41) is 25.3. The number of fused-ring (bicyclic) bond motifs is 2. The maximum atomic E-state index is 10.3. The van der Waals surface area contributed by atoms with Crippen LogP contribution >= 0.6 is 0 Å². The van der Waals surface area contributed by atoms with Crippen molar-refractivity contribution in [3.63, 3.8) is 0 Å². The molecule has 0 saturated heterocycles. The van der Waals surface area contributed by atoms with Crippen molar-refractivity contribution >= 4 is 33.2 Å². The number of H-pyrrole nitrogens is 2. The van der Waals surface area contributed by atoms with Crippen molar-refractivity contribution in [1.29, 1.82) is 0 Å². The lowest BCUT2D eigenvalue weighted by molar-refractivity contribution is -0.384. The van der Waals surface area contributed by atoms with Crippen molar-refractivity contribution in [3.05, 3.63) is 58.9 Å². The minimum atomic E-state index is -0.424. The normalized spacial score (nSPS) is 10.4. The first kappa shape index (κ1) is 13.6. The molecule has 4 aromatic rings. The van der Waals surface area contributed by atoms with E-state index in [0.29, 0.717) is 0 Å². The van der Waals surface area contributed by atoms with Crippen LogP contribution < -0.4 is 5.73 Å². The third-order valence-corrected chi connectivity index (χ3v) is 3.10. The fourth-order valence-electron chi connectivity index (χ4n) is 2.00. The van der Waals surface area contributed by atoms with Gasteiger partial charge in [0.05, 0.1) is 28.4 Å². The summed E-state index contributed by atoms with van der Waals surface area (Å²) in [5.41, 5.74) is 8.23. The van der Waals surface area contributed by atoms with Gasteiger partial charge in [0, 0.05) is 28.6 Å². The number of aromatic nitrogens is 4. The second-order valence-corrected chi connectivity index (χ2v) is 4.62. The molecule has 0 bridgehead atoms. The number of nitrogens with two attached hydrogens (primary N) is 1. The molecular formula is C14H12N6O2. The number of benzene rings is 2. The third kappa shape index (κ3) is 2.70. The lowest BCUT2D eigenvalue weighted by Crippen LogP contribution is -1.86. The first-order chi connectivity index (χ1) is 10.6. The van der Waals surface area contributed by atoms with Gasteiger partial charge in [0.1, 0.15) is 0 Å². The van der Waals surface area contributed by atoms with E-state index in [9.17, 15) is 10.1 Å². The van der Waals surface area contributed by atoms with E-state index in [0.717, 1.165) is 27.5 Å². The van der Waals surface area contributed by atoms with E-state index in [1.165, 1.54) is 12.1 Å². The molecule has 4 N–H and O–H groups in total. The summed E-state index contributed by atoms with van der Waals surface area (Å²) in [4.78, 5) is 9.92. The summed E-state index contributed by atoms with van der Waals surface area (Å²) in [6, 6.07) is 10.2. The molecule has 0 aliphatic rings. The van der Waals surface area contributed by atoms with Gasteiger partial charge in [-0.1, -0.05) is 0 Å². The number of aromatic amines is 2. The zero-order valence-electron chi connectivity index (χ0n) is 11.4. The van der Waals surface area contributed by atoms with Crippen LogP contribution in [-0.2, 0) is 0 Å². The minimum absolute atomic E-state index is 0.0869. The molecule has 0 unspecified atom stereocenters. The van der Waals surface area contributed by atoms with Gasteiger partial charge in [-0.05, 0) is 24.3 Å². The molecule has 2 aromatic carbocycles. The SMILES string of the molecule is Nc1ccc2[nH]ncc2c1.O=[N+]([O-])c1ccc2[nH]ncc2c1. The Morgan fingerprint density at radius 3 is 2.18 bits per heavy atom. The number of nitro groups is 1. The summed E-state index contributed by atoms with van der Waals surface area (Å²) in [7, 11) is 0. The Labute approximate surface area is 124 Å². The average molecular weight is 296 g/mol. The Hall–Kier alpha value is -3.42. The fourth-order valence-corrected chi connectivity index (χ4v) is 2.00. The van der Waals surface area contributed by atoms with Gasteiger partial charge < -0.3 is 5.73 Å². The molecule has 4 rings (SSSR count). The van der Waals surface area contributed by atoms with Crippen molar-refractivity contribution in [2.24, 2.45) is 0 Å². The highest BCUT2D eigenvalue weighted by Gasteiger charge is 2.05. The fraction of sp³-hybridized carbons (Fsp3) is 0. The number of nitro benzene ring substituents is 1. The summed E-state index contributed by atoms with van der Waals surface area (Å²) in [6.07, 6.45) is 3.31. The molecule has 0 radical (unpaired) electrons. The van der Waals surface area contributed by atoms with E-state index in [2.05, 4.69) is 20.4 Å². The van der Waals surface area contributed by atoms with Crippen molar-refractivity contribution in [2.45, 2.75) is 0 Å². The van der Waals surface area contributed by atoms with Crippen molar-refractivity contribution in [3.8, 4) is 0 Å². The number of hydrogen-bond donors (Lipinski definition) is 3. The summed E-state index contributed by atoms with van der Waals surface area (Å²) in [5.74, 6) is 0. The minimum Gasteiger partial charge on any atom is -0.399 e. The van der Waals surface area contributed by atoms with Gasteiger partial charge >= 0.3 is 0 Å². The first-order valence-electron chi connectivity index (χ1n) is 6.39. The van der Waals surface area contributed by atoms with Crippen molar-refractivity contribution in [2.75, 3.05) is 5.73 Å². The van der Waals surface area contributed by atoms with Crippen LogP contribution in [0, 0.1) is 10.1 Å². The van der Waals surface area contributed by atoms with E-state index >= 15 is 0 Å². The Kier molecular flexibility index (Phi) is 3.40. The number of hydrogen-bond acceptors (Lipinski definition) is 5. The van der Waals surface area contributed by atoms with Gasteiger partial charge in [0.15, 0.2) is 0 Å². The molecule has 22 heavy (non-hydrogen) atoms. The van der Waals surface area contributed by atoms with Gasteiger partial charge in [-0.25, -0.2) is 0 Å². The molecule has 0 amide bonds. The highest BCUT2D eigenvalue weighted by molar-refractivity contribution is 5.81. The van der Waals surface area contributed by atoms with Crippen LogP contribution in [0.1, 0.15) is 0 Å². The number of nitrogen functional groups attached to an aromatic ring is 1. The Bertz CT molecular complexity index is 942. The van der Waals surface area contributed by atoms with E-state index in [4.69, 9.17) is 5.73 Å². The molecule has 0 fully saturated rings. The first-order valence-corrected chi connectivity index (χ1v) is 6.39. The largest absolute Gasteiger partial charge is 0.399 e. The van der Waals surface area contributed by atoms with E-state index < -0.39 is 4.92 Å². The zero-order valence-corrected chi connectivity index (χ0v) is 11.4. The number of anilines is 1. The zero-order chi connectivity index (χ0) is 15.5. The molecule has 0 atom stereocenters. The Morgan fingerprint density at radius 2 is 1.55 bits per heavy atom. The molecular weight excluding hydrogens is 284 g/mol. The topological polar surface area (TPSA) is 127 Å². The maximum Gasteiger partial charge on any atom is 0.270 e. The summed E-state index contributed by atoms with van der Waals surface area (Å²) in [6.45, 7) is 0. The highest BCUT2D eigenvalue weighted by atomic mass is 16.6. The molecule has 0 spiro atoms. The van der Waals surface area contributed by atoms with Gasteiger partial charge in [-0.2, -0.15) is 10.2 Å². The predicted molar refractivity (Wildman–Crippen MR) is 83.3 cm³/mol. The van der Waals surface area contributed by atoms with Crippen LogP contribution in [0.15, 0.2) is 48.8 Å². The summed E-state index contributed by atoms with van der Waals surface area (Å²) < 4.78 is 0. The van der Waals surface area contributed by atoms with Crippen molar-refractivity contribution < 1.29 is 4.92 Å². The molecule has 110 valence electrons. The Morgan fingerprint density at radius 1 is 0.955 bits per heavy atom. The molecule has 0 aliphatic heterocycles. The van der Waals surface area contributed by atoms with Gasteiger partial charge in [0.25, 0.3) is 5.69 Å². The van der Waals surface area contributed by atoms with Crippen LogP contribution in [-0.4, -0.2) is 25.3 Å². The second kappa shape index (κ2) is 5.52. The van der Waals surface area contributed by atoms with E-state index in [1.807, 2.05) is 18.2 Å². The Balaban J connectivity index is 0.000000133. The van der Waals surface area contributed by atoms with Crippen LogP contribution in [0.5, 0.6) is 0 Å². The van der Waals surface area contributed by atoms with Crippen LogP contribution in [0.3, 0.4) is 0 Å². The van der Waals surface area contributed by atoms with E-state index in [-0.39, 0.29) is 5.69 Å². The standard InChI is InChI=1S/C7H5N3O2.C7H7N3/c11-10(12)6-1-2-7-5(3-6)4-8-9-7;8-6-1-2-7-5(3-6)4-9-10-7/h1-4H,(H,8,9);1-4H,8H2,(H,9,10). The third-order valence-electron chi connectivity index (χ3n) is 3.10. The van der Waals surface area contributed by atoms with Crippen LogP contribution in [0.4, 0.5) is 11.4 Å². The van der Waals surface area contributed by atoms with Gasteiger partial charge in [-0.3, -0.25) is 20.3 Å². The van der Waals surface area contributed by atoms with E-state index in [1.54, 1.807) is 18.5 Å². The average Bonchev–Trinajstić information content (AvgIpc) is 3.14. The molecule has 8 nitrogen and oxygen atoms in total. The lowest BCUT2D eigenvalue weighted by Gasteiger charge is -1.89. The molecule has 0 saturated carbocycles. The monoisotopic (exact) mass is 296 g/mol. The molecule has 8 heteroatoms. The van der Waals surface area contributed by atoms with Gasteiger partial charge in [0.2, 0.25) is 0 Å². The van der Waals surface area contributed by atoms with Crippen LogP contribution in [0.2, 0.25) is 0 Å². The number of nitrogens with one attached hydrogen (secondary N) is 2. The van der Waals surface area contributed by atoms with Gasteiger partial charge in [-0.15, -0.1) is 0 Å². The second-order valence-electron chi connectivity index (χ2n) is 4.62. The molecule has 2 aromatic heterocycles. The number of nitrogens with zero attached hydrogens (tertiary/aromatic N) is 3.